The minimum atomic E-state index is -0.189. The van der Waals surface area contributed by atoms with Crippen LogP contribution < -0.4 is 0 Å². The molecular formula is C38H12N8. The molecule has 4 aromatic rings. The van der Waals surface area contributed by atoms with Gasteiger partial charge < -0.3 is 0 Å². The van der Waals surface area contributed by atoms with E-state index in [0.29, 0.717) is 66.8 Å². The van der Waals surface area contributed by atoms with E-state index in [0.717, 1.165) is 0 Å². The van der Waals surface area contributed by atoms with Crippen LogP contribution in [0.4, 0.5) is 0 Å². The van der Waals surface area contributed by atoms with E-state index < -0.39 is 0 Å². The molecule has 8 nitrogen and oxygen atoms in total. The fourth-order valence-corrected chi connectivity index (χ4v) is 6.16. The van der Waals surface area contributed by atoms with Crippen molar-refractivity contribution in [3.05, 3.63) is 128 Å². The number of nitrogens with zero attached hydrogens (tertiary/aromatic N) is 8. The van der Waals surface area contributed by atoms with Gasteiger partial charge in [0.2, 0.25) is 0 Å². The van der Waals surface area contributed by atoms with Gasteiger partial charge in [0.1, 0.15) is 59.7 Å². The van der Waals surface area contributed by atoms with Crippen LogP contribution in [0.3, 0.4) is 0 Å². The quantitative estimate of drug-likeness (QED) is 0.225. The Morgan fingerprint density at radius 2 is 0.739 bits per heavy atom. The summed E-state index contributed by atoms with van der Waals surface area (Å²) < 4.78 is 0. The number of benzene rings is 4. The number of hydrogen-bond donors (Lipinski definition) is 0. The van der Waals surface area contributed by atoms with Crippen molar-refractivity contribution in [2.75, 3.05) is 0 Å². The first-order valence-electron chi connectivity index (χ1n) is 13.5. The van der Waals surface area contributed by atoms with Gasteiger partial charge in [-0.2, -0.15) is 42.1 Å². The second-order valence-corrected chi connectivity index (χ2v) is 10.1. The molecule has 0 saturated heterocycles. The lowest BCUT2D eigenvalue weighted by Gasteiger charge is -2.18. The summed E-state index contributed by atoms with van der Waals surface area (Å²) in [6.07, 6.45) is 0. The van der Waals surface area contributed by atoms with Crippen LogP contribution in [0, 0.1) is 90.6 Å². The number of rotatable bonds is 2. The van der Waals surface area contributed by atoms with Crippen LogP contribution in [0.25, 0.3) is 44.5 Å². The monoisotopic (exact) mass is 580 g/mol. The smallest absolute Gasteiger partial charge is 0.138 e. The van der Waals surface area contributed by atoms with Crippen molar-refractivity contribution in [2.45, 2.75) is 0 Å². The molecule has 46 heavy (non-hydrogen) atoms. The third-order valence-corrected chi connectivity index (χ3v) is 8.01. The molecule has 0 spiro atoms. The topological polar surface area (TPSA) is 190 Å². The molecule has 0 fully saturated rings. The number of fused-ring (bicyclic) bond motifs is 4. The van der Waals surface area contributed by atoms with E-state index >= 15 is 0 Å². The lowest BCUT2D eigenvalue weighted by atomic mass is 9.83. The molecular weight excluding hydrogens is 568 g/mol. The van der Waals surface area contributed by atoms with Gasteiger partial charge in [0.15, 0.2) is 0 Å². The first kappa shape index (κ1) is 28.2. The third kappa shape index (κ3) is 3.93. The minimum Gasteiger partial charge on any atom is -0.192 e. The van der Waals surface area contributed by atoms with Crippen LogP contribution in [0.15, 0.2) is 83.9 Å². The van der Waals surface area contributed by atoms with Gasteiger partial charge in [-0.25, -0.2) is 0 Å². The van der Waals surface area contributed by atoms with Gasteiger partial charge in [0.05, 0.1) is 22.3 Å². The summed E-state index contributed by atoms with van der Waals surface area (Å²) in [6, 6.07) is 36.4. The highest BCUT2D eigenvalue weighted by Gasteiger charge is 2.42. The Kier molecular flexibility index (Phi) is 6.74. The molecule has 2 aliphatic rings. The van der Waals surface area contributed by atoms with E-state index in [1.54, 1.807) is 60.7 Å². The summed E-state index contributed by atoms with van der Waals surface area (Å²) >= 11 is 0. The van der Waals surface area contributed by atoms with Crippen molar-refractivity contribution >= 4 is 22.3 Å². The third-order valence-electron chi connectivity index (χ3n) is 8.01. The summed E-state index contributed by atoms with van der Waals surface area (Å²) in [5, 5.41) is 79.1. The molecule has 0 aromatic heterocycles. The number of hydrogen-bond acceptors (Lipinski definition) is 8. The van der Waals surface area contributed by atoms with Crippen molar-refractivity contribution in [3.8, 4) is 70.8 Å². The Morgan fingerprint density at radius 1 is 0.391 bits per heavy atom. The van der Waals surface area contributed by atoms with E-state index in [9.17, 15) is 42.1 Å². The lowest BCUT2D eigenvalue weighted by molar-refractivity contribution is 1.42. The molecule has 0 N–H and O–H groups in total. The van der Waals surface area contributed by atoms with E-state index in [1.807, 2.05) is 48.6 Å². The highest BCUT2D eigenvalue weighted by atomic mass is 14.4. The zero-order valence-corrected chi connectivity index (χ0v) is 23.5. The van der Waals surface area contributed by atoms with Crippen molar-refractivity contribution in [2.24, 2.45) is 0 Å². The Bertz CT molecular complexity index is 2350. The molecule has 204 valence electrons. The van der Waals surface area contributed by atoms with Crippen molar-refractivity contribution in [1.29, 1.82) is 42.1 Å². The van der Waals surface area contributed by atoms with Crippen LogP contribution in [0.1, 0.15) is 44.5 Å². The van der Waals surface area contributed by atoms with Gasteiger partial charge in [-0.1, -0.05) is 48.5 Å². The van der Waals surface area contributed by atoms with E-state index in [2.05, 4.69) is 0 Å². The van der Waals surface area contributed by atoms with Crippen LogP contribution in [0.5, 0.6) is 0 Å². The molecule has 0 atom stereocenters. The highest BCUT2D eigenvalue weighted by Crippen LogP contribution is 2.62. The number of allylic oxidation sites excluding steroid dienone is 6. The summed E-state index contributed by atoms with van der Waals surface area (Å²) in [5.41, 5.74) is 6.48. The molecule has 2 aliphatic carbocycles. The Labute approximate surface area is 263 Å². The fraction of sp³-hybridized carbons (Fsp3) is 0. The fourth-order valence-electron chi connectivity index (χ4n) is 6.16. The summed E-state index contributed by atoms with van der Waals surface area (Å²) in [4.78, 5) is 0. The predicted molar refractivity (Wildman–Crippen MR) is 166 cm³/mol. The van der Waals surface area contributed by atoms with Crippen LogP contribution in [-0.4, -0.2) is 0 Å². The maximum Gasteiger partial charge on any atom is 0.138 e. The Balaban J connectivity index is 1.74. The SMILES string of the molecule is N#CC(C#N)=C1C2=C(C(=C(C#N)C#N)c3c2cccc3-c2ccc(C#N)c(C#N)c2)c2cccc(-c3ccc(C#N)c(C#N)c3)c21. The molecule has 6 rings (SSSR count). The molecule has 0 saturated carbocycles. The summed E-state index contributed by atoms with van der Waals surface area (Å²) in [5.74, 6) is 0. The lowest BCUT2D eigenvalue weighted by Crippen LogP contribution is -2.00. The van der Waals surface area contributed by atoms with E-state index in [-0.39, 0.29) is 33.4 Å². The predicted octanol–water partition coefficient (Wildman–Crippen LogP) is 7.05. The standard InChI is InChI=1S/C38H12N8/c39-13-23-9-7-21(11-25(23)15-41)29-3-1-5-31-35(29)33(27(17-43)18-44)38-32-6-2-4-30(22-8-10-24(14-40)26(12-22)16-42)36(32)34(37(31)38)28(19-45)20-46/h1-12H. The van der Waals surface area contributed by atoms with Gasteiger partial charge in [0, 0.05) is 33.4 Å². The van der Waals surface area contributed by atoms with Crippen molar-refractivity contribution in [1.82, 2.24) is 0 Å². The number of nitriles is 8. The molecule has 0 heterocycles. The van der Waals surface area contributed by atoms with E-state index in [1.165, 1.54) is 12.1 Å². The minimum absolute atomic E-state index is 0.161. The average molecular weight is 581 g/mol. The van der Waals surface area contributed by atoms with Crippen molar-refractivity contribution in [3.63, 3.8) is 0 Å². The second kappa shape index (κ2) is 11.0. The van der Waals surface area contributed by atoms with Gasteiger partial charge in [-0.15, -0.1) is 0 Å². The van der Waals surface area contributed by atoms with Gasteiger partial charge in [-0.05, 0) is 57.6 Å². The van der Waals surface area contributed by atoms with E-state index in [4.69, 9.17) is 0 Å². The second-order valence-electron chi connectivity index (χ2n) is 10.1. The molecule has 0 aliphatic heterocycles. The molecule has 4 aromatic carbocycles. The van der Waals surface area contributed by atoms with Gasteiger partial charge in [0.25, 0.3) is 0 Å². The first-order valence-corrected chi connectivity index (χ1v) is 13.5. The van der Waals surface area contributed by atoms with Crippen molar-refractivity contribution < 1.29 is 0 Å². The van der Waals surface area contributed by atoms with Gasteiger partial charge >= 0.3 is 0 Å². The molecule has 0 bridgehead atoms. The first-order chi connectivity index (χ1) is 22.5. The molecule has 0 radical (unpaired) electrons. The highest BCUT2D eigenvalue weighted by molar-refractivity contribution is 6.39. The van der Waals surface area contributed by atoms with Crippen LogP contribution in [-0.2, 0) is 0 Å². The Hall–Kier alpha value is -7.98. The Morgan fingerprint density at radius 3 is 1.07 bits per heavy atom. The summed E-state index contributed by atoms with van der Waals surface area (Å²) in [7, 11) is 0. The molecule has 8 heteroatoms. The maximum absolute atomic E-state index is 10.2. The zero-order chi connectivity index (χ0) is 32.5. The normalized spacial score (nSPS) is 11.6. The largest absolute Gasteiger partial charge is 0.192 e. The molecule has 0 amide bonds. The molecule has 0 unspecified atom stereocenters. The zero-order valence-electron chi connectivity index (χ0n) is 23.5. The summed E-state index contributed by atoms with van der Waals surface area (Å²) in [6.45, 7) is 0. The van der Waals surface area contributed by atoms with Crippen LogP contribution >= 0.6 is 0 Å². The van der Waals surface area contributed by atoms with Gasteiger partial charge in [-0.3, -0.25) is 0 Å². The maximum atomic E-state index is 10.2. The average Bonchev–Trinajstić information content (AvgIpc) is 3.62. The van der Waals surface area contributed by atoms with Crippen LogP contribution in [0.2, 0.25) is 0 Å².